The number of rotatable bonds is 6. The highest BCUT2D eigenvalue weighted by Gasteiger charge is 2.21. The van der Waals surface area contributed by atoms with Crippen LogP contribution in [-0.2, 0) is 4.79 Å². The van der Waals surface area contributed by atoms with E-state index in [-0.39, 0.29) is 11.9 Å². The van der Waals surface area contributed by atoms with Crippen LogP contribution in [0.3, 0.4) is 0 Å². The van der Waals surface area contributed by atoms with Gasteiger partial charge in [-0.25, -0.2) is 0 Å². The van der Waals surface area contributed by atoms with Crippen molar-refractivity contribution in [1.29, 1.82) is 0 Å². The molecule has 1 heterocycles. The Morgan fingerprint density at radius 1 is 1.26 bits per heavy atom. The standard InChI is InChI=1S/C21H25N3O2S/c1-15-7-3-4-10-19(15)26-14-16(2)22-21(27)23-17-8-5-9-18(13-17)24-12-6-11-20(24)25/h3-5,7-10,13,16H,6,11-12,14H2,1-2H3,(H2,22,23,27)/t16-/m1/s1. The lowest BCUT2D eigenvalue weighted by Gasteiger charge is -2.20. The number of ether oxygens (including phenoxy) is 1. The molecule has 0 radical (unpaired) electrons. The number of carbonyl (C=O) groups is 1. The third-order valence-corrected chi connectivity index (χ3v) is 4.67. The van der Waals surface area contributed by atoms with Crippen molar-refractivity contribution < 1.29 is 9.53 Å². The van der Waals surface area contributed by atoms with E-state index in [0.717, 1.165) is 35.7 Å². The van der Waals surface area contributed by atoms with Crippen molar-refractivity contribution in [3.63, 3.8) is 0 Å². The zero-order valence-electron chi connectivity index (χ0n) is 15.7. The van der Waals surface area contributed by atoms with E-state index >= 15 is 0 Å². The Bertz CT molecular complexity index is 825. The molecule has 1 amide bonds. The lowest BCUT2D eigenvalue weighted by atomic mass is 10.2. The molecule has 1 aliphatic rings. The maximum atomic E-state index is 11.9. The zero-order chi connectivity index (χ0) is 19.2. The molecule has 0 spiro atoms. The van der Waals surface area contributed by atoms with E-state index in [1.54, 1.807) is 0 Å². The molecule has 3 rings (SSSR count). The summed E-state index contributed by atoms with van der Waals surface area (Å²) in [5.41, 5.74) is 2.87. The molecule has 0 aliphatic carbocycles. The summed E-state index contributed by atoms with van der Waals surface area (Å²) < 4.78 is 5.85. The lowest BCUT2D eigenvalue weighted by Crippen LogP contribution is -2.39. The van der Waals surface area contributed by atoms with Crippen LogP contribution in [0.4, 0.5) is 11.4 Å². The third-order valence-electron chi connectivity index (χ3n) is 4.45. The number of hydrogen-bond donors (Lipinski definition) is 2. The van der Waals surface area contributed by atoms with Gasteiger partial charge in [-0.3, -0.25) is 4.79 Å². The molecule has 142 valence electrons. The van der Waals surface area contributed by atoms with Gasteiger partial charge in [0.25, 0.3) is 0 Å². The van der Waals surface area contributed by atoms with Crippen molar-refractivity contribution in [3.05, 3.63) is 54.1 Å². The average Bonchev–Trinajstić information content (AvgIpc) is 3.07. The van der Waals surface area contributed by atoms with Crippen molar-refractivity contribution in [2.24, 2.45) is 0 Å². The van der Waals surface area contributed by atoms with E-state index in [1.807, 2.05) is 67.3 Å². The van der Waals surface area contributed by atoms with Crippen LogP contribution in [0.15, 0.2) is 48.5 Å². The van der Waals surface area contributed by atoms with Gasteiger partial charge in [0.05, 0.1) is 6.04 Å². The Morgan fingerprint density at radius 3 is 2.81 bits per heavy atom. The average molecular weight is 384 g/mol. The normalized spacial score (nSPS) is 14.7. The summed E-state index contributed by atoms with van der Waals surface area (Å²) in [6.07, 6.45) is 1.53. The number of hydrogen-bond acceptors (Lipinski definition) is 3. The summed E-state index contributed by atoms with van der Waals surface area (Å²) >= 11 is 5.41. The molecule has 0 saturated carbocycles. The minimum Gasteiger partial charge on any atom is -0.491 e. The van der Waals surface area contributed by atoms with E-state index in [4.69, 9.17) is 17.0 Å². The summed E-state index contributed by atoms with van der Waals surface area (Å²) in [5.74, 6) is 1.06. The Hall–Kier alpha value is -2.60. The van der Waals surface area contributed by atoms with Gasteiger partial charge in [0.1, 0.15) is 12.4 Å². The van der Waals surface area contributed by atoms with Crippen LogP contribution in [0.2, 0.25) is 0 Å². The Balaban J connectivity index is 1.51. The molecule has 0 unspecified atom stereocenters. The smallest absolute Gasteiger partial charge is 0.227 e. The van der Waals surface area contributed by atoms with Gasteiger partial charge in [0.15, 0.2) is 5.11 Å². The van der Waals surface area contributed by atoms with Gasteiger partial charge in [-0.1, -0.05) is 24.3 Å². The second-order valence-corrected chi connectivity index (χ2v) is 7.18. The molecule has 27 heavy (non-hydrogen) atoms. The van der Waals surface area contributed by atoms with Crippen LogP contribution in [0.25, 0.3) is 0 Å². The molecular formula is C21H25N3O2S. The fraction of sp³-hybridized carbons (Fsp3) is 0.333. The molecule has 5 nitrogen and oxygen atoms in total. The summed E-state index contributed by atoms with van der Waals surface area (Å²) in [5, 5.41) is 6.95. The minimum absolute atomic E-state index is 0.0490. The lowest BCUT2D eigenvalue weighted by molar-refractivity contribution is -0.117. The van der Waals surface area contributed by atoms with Gasteiger partial charge >= 0.3 is 0 Å². The molecule has 1 aliphatic heterocycles. The zero-order valence-corrected chi connectivity index (χ0v) is 16.5. The number of para-hydroxylation sites is 1. The minimum atomic E-state index is 0.0490. The topological polar surface area (TPSA) is 53.6 Å². The second-order valence-electron chi connectivity index (χ2n) is 6.78. The summed E-state index contributed by atoms with van der Waals surface area (Å²) in [7, 11) is 0. The molecule has 0 bridgehead atoms. The number of nitrogens with zero attached hydrogens (tertiary/aromatic N) is 1. The SMILES string of the molecule is Cc1ccccc1OC[C@@H](C)NC(=S)Nc1cccc(N2CCCC2=O)c1. The quantitative estimate of drug-likeness (QED) is 0.742. The van der Waals surface area contributed by atoms with Crippen LogP contribution in [-0.4, -0.2) is 30.2 Å². The first-order chi connectivity index (χ1) is 13.0. The van der Waals surface area contributed by atoms with Gasteiger partial charge in [0.2, 0.25) is 5.91 Å². The van der Waals surface area contributed by atoms with Crippen molar-refractivity contribution >= 4 is 34.6 Å². The molecule has 2 aromatic rings. The number of anilines is 2. The first-order valence-electron chi connectivity index (χ1n) is 9.19. The Kier molecular flexibility index (Phi) is 6.29. The number of amides is 1. The van der Waals surface area contributed by atoms with Crippen LogP contribution in [0.5, 0.6) is 5.75 Å². The van der Waals surface area contributed by atoms with Gasteiger partial charge in [-0.2, -0.15) is 0 Å². The fourth-order valence-electron chi connectivity index (χ4n) is 3.04. The predicted octanol–water partition coefficient (Wildman–Crippen LogP) is 3.88. The summed E-state index contributed by atoms with van der Waals surface area (Å²) in [6.45, 7) is 5.33. The van der Waals surface area contributed by atoms with E-state index < -0.39 is 0 Å². The van der Waals surface area contributed by atoms with Crippen molar-refractivity contribution in [3.8, 4) is 5.75 Å². The number of benzene rings is 2. The van der Waals surface area contributed by atoms with Gasteiger partial charge in [-0.05, 0) is 62.3 Å². The van der Waals surface area contributed by atoms with Crippen LogP contribution < -0.4 is 20.3 Å². The van der Waals surface area contributed by atoms with E-state index in [1.165, 1.54) is 0 Å². The number of carbonyl (C=O) groups excluding carboxylic acids is 1. The third kappa shape index (κ3) is 5.20. The maximum absolute atomic E-state index is 11.9. The van der Waals surface area contributed by atoms with E-state index in [0.29, 0.717) is 18.1 Å². The highest BCUT2D eigenvalue weighted by Crippen LogP contribution is 2.24. The fourth-order valence-corrected chi connectivity index (χ4v) is 3.36. The van der Waals surface area contributed by atoms with Crippen molar-refractivity contribution in [1.82, 2.24) is 5.32 Å². The van der Waals surface area contributed by atoms with Crippen LogP contribution >= 0.6 is 12.2 Å². The first kappa shape index (κ1) is 19.2. The largest absolute Gasteiger partial charge is 0.491 e. The Labute approximate surface area is 165 Å². The highest BCUT2D eigenvalue weighted by atomic mass is 32.1. The van der Waals surface area contributed by atoms with Gasteiger partial charge < -0.3 is 20.3 Å². The van der Waals surface area contributed by atoms with Gasteiger partial charge in [0, 0.05) is 24.3 Å². The summed E-state index contributed by atoms with van der Waals surface area (Å²) in [6, 6.07) is 15.8. The molecule has 1 fully saturated rings. The molecule has 2 N–H and O–H groups in total. The number of thiocarbonyl (C=S) groups is 1. The van der Waals surface area contributed by atoms with Gasteiger partial charge in [-0.15, -0.1) is 0 Å². The molecule has 2 aromatic carbocycles. The maximum Gasteiger partial charge on any atom is 0.227 e. The first-order valence-corrected chi connectivity index (χ1v) is 9.60. The second kappa shape index (κ2) is 8.86. The van der Waals surface area contributed by atoms with Crippen molar-refractivity contribution in [2.45, 2.75) is 32.7 Å². The molecule has 1 atom stereocenters. The number of nitrogens with one attached hydrogen (secondary N) is 2. The van der Waals surface area contributed by atoms with Crippen LogP contribution in [0.1, 0.15) is 25.3 Å². The van der Waals surface area contributed by atoms with Crippen LogP contribution in [0, 0.1) is 6.92 Å². The molecule has 0 aromatic heterocycles. The monoisotopic (exact) mass is 383 g/mol. The highest BCUT2D eigenvalue weighted by molar-refractivity contribution is 7.80. The van der Waals surface area contributed by atoms with E-state index in [9.17, 15) is 4.79 Å². The predicted molar refractivity (Wildman–Crippen MR) is 114 cm³/mol. The Morgan fingerprint density at radius 2 is 2.07 bits per heavy atom. The van der Waals surface area contributed by atoms with E-state index in [2.05, 4.69) is 10.6 Å². The van der Waals surface area contributed by atoms with Crippen molar-refractivity contribution in [2.75, 3.05) is 23.4 Å². The number of aryl methyl sites for hydroxylation is 1. The molecule has 6 heteroatoms. The molecule has 1 saturated heterocycles. The molecular weight excluding hydrogens is 358 g/mol. The summed E-state index contributed by atoms with van der Waals surface area (Å²) in [4.78, 5) is 13.7.